The summed E-state index contributed by atoms with van der Waals surface area (Å²) in [5.41, 5.74) is 4.96. The molecule has 3 rings (SSSR count). The molecule has 0 bridgehead atoms. The predicted octanol–water partition coefficient (Wildman–Crippen LogP) is 2.74. The molecule has 5 nitrogen and oxygen atoms in total. The fourth-order valence-corrected chi connectivity index (χ4v) is 3.81. The van der Waals surface area contributed by atoms with Crippen LogP contribution in [0, 0.1) is 13.8 Å². The van der Waals surface area contributed by atoms with Gasteiger partial charge in [-0.2, -0.15) is 0 Å². The van der Waals surface area contributed by atoms with Gasteiger partial charge in [-0.3, -0.25) is 14.5 Å². The lowest BCUT2D eigenvalue weighted by Crippen LogP contribution is -2.51. The molecule has 5 heteroatoms. The number of amides is 1. The highest BCUT2D eigenvalue weighted by atomic mass is 16.2. The van der Waals surface area contributed by atoms with Gasteiger partial charge in [-0.05, 0) is 49.9 Å². The van der Waals surface area contributed by atoms with E-state index >= 15 is 0 Å². The van der Waals surface area contributed by atoms with E-state index in [-0.39, 0.29) is 11.7 Å². The van der Waals surface area contributed by atoms with Crippen molar-refractivity contribution >= 4 is 17.4 Å². The summed E-state index contributed by atoms with van der Waals surface area (Å²) in [4.78, 5) is 29.1. The number of rotatable bonds is 7. The van der Waals surface area contributed by atoms with Gasteiger partial charge in [0.15, 0.2) is 5.78 Å². The lowest BCUT2D eigenvalue weighted by Gasteiger charge is -2.36. The van der Waals surface area contributed by atoms with Gasteiger partial charge in [0.25, 0.3) is 0 Å². The Kier molecular flexibility index (Phi) is 7.04. The van der Waals surface area contributed by atoms with Gasteiger partial charge in [-0.1, -0.05) is 42.5 Å². The van der Waals surface area contributed by atoms with E-state index in [1.165, 1.54) is 23.7 Å². The van der Waals surface area contributed by atoms with Crippen LogP contribution in [0.2, 0.25) is 0 Å². The number of benzene rings is 2. The van der Waals surface area contributed by atoms with E-state index in [0.717, 1.165) is 31.7 Å². The van der Waals surface area contributed by atoms with Crippen molar-refractivity contribution in [1.29, 1.82) is 0 Å². The van der Waals surface area contributed by atoms with Crippen LogP contribution in [-0.4, -0.2) is 55.4 Å². The van der Waals surface area contributed by atoms with Crippen LogP contribution in [0.1, 0.15) is 23.6 Å². The molecule has 0 spiro atoms. The van der Waals surface area contributed by atoms with Gasteiger partial charge in [-0.15, -0.1) is 0 Å². The van der Waals surface area contributed by atoms with E-state index in [9.17, 15) is 9.59 Å². The van der Waals surface area contributed by atoms with Crippen molar-refractivity contribution in [2.75, 3.05) is 37.6 Å². The predicted molar refractivity (Wildman–Crippen MR) is 117 cm³/mol. The average molecular weight is 394 g/mol. The number of hydrogen-bond donors (Lipinski definition) is 1. The third kappa shape index (κ3) is 5.67. The fourth-order valence-electron chi connectivity index (χ4n) is 3.81. The minimum Gasteiger partial charge on any atom is -0.369 e. The van der Waals surface area contributed by atoms with E-state index in [4.69, 9.17) is 0 Å². The molecule has 1 amide bonds. The van der Waals surface area contributed by atoms with E-state index in [2.05, 4.69) is 47.2 Å². The average Bonchev–Trinajstić information content (AvgIpc) is 2.71. The second kappa shape index (κ2) is 9.70. The van der Waals surface area contributed by atoms with Crippen molar-refractivity contribution in [3.05, 3.63) is 65.2 Å². The standard InChI is InChI=1S/C24H31N3O2/c1-18-8-7-11-23(19(18)2)27-14-12-26(13-15-27)17-24(29)25-22(20(3)28)16-21-9-5-4-6-10-21/h4-11,22H,12-17H2,1-3H3,(H,25,29)/t22-/m1/s1. The summed E-state index contributed by atoms with van der Waals surface area (Å²) in [7, 11) is 0. The molecule has 1 fully saturated rings. The summed E-state index contributed by atoms with van der Waals surface area (Å²) in [6.07, 6.45) is 0.530. The van der Waals surface area contributed by atoms with Gasteiger partial charge >= 0.3 is 0 Å². The first-order chi connectivity index (χ1) is 13.9. The summed E-state index contributed by atoms with van der Waals surface area (Å²) < 4.78 is 0. The van der Waals surface area contributed by atoms with E-state index < -0.39 is 6.04 Å². The summed E-state index contributed by atoms with van der Waals surface area (Å²) in [5, 5.41) is 2.93. The second-order valence-electron chi connectivity index (χ2n) is 7.90. The van der Waals surface area contributed by atoms with Crippen molar-refractivity contribution in [3.8, 4) is 0 Å². The minimum absolute atomic E-state index is 0.0121. The Morgan fingerprint density at radius 2 is 1.66 bits per heavy atom. The maximum absolute atomic E-state index is 12.5. The number of hydrogen-bond acceptors (Lipinski definition) is 4. The summed E-state index contributed by atoms with van der Waals surface area (Å²) in [6, 6.07) is 15.7. The van der Waals surface area contributed by atoms with Crippen molar-refractivity contribution in [3.63, 3.8) is 0 Å². The van der Waals surface area contributed by atoms with Crippen LogP contribution in [0.25, 0.3) is 0 Å². The Hall–Kier alpha value is -2.66. The van der Waals surface area contributed by atoms with Crippen LogP contribution in [0.5, 0.6) is 0 Å². The Bertz CT molecular complexity index is 842. The highest BCUT2D eigenvalue weighted by Gasteiger charge is 2.23. The first-order valence-electron chi connectivity index (χ1n) is 10.3. The van der Waals surface area contributed by atoms with Crippen molar-refractivity contribution in [2.45, 2.75) is 33.2 Å². The number of nitrogens with zero attached hydrogens (tertiary/aromatic N) is 2. The van der Waals surface area contributed by atoms with Crippen molar-refractivity contribution < 1.29 is 9.59 Å². The van der Waals surface area contributed by atoms with Crippen LogP contribution in [0.3, 0.4) is 0 Å². The molecule has 1 aliphatic rings. The molecule has 29 heavy (non-hydrogen) atoms. The van der Waals surface area contributed by atoms with E-state index in [1.807, 2.05) is 30.3 Å². The van der Waals surface area contributed by atoms with Crippen LogP contribution in [0.4, 0.5) is 5.69 Å². The normalized spacial score (nSPS) is 15.8. The lowest BCUT2D eigenvalue weighted by molar-refractivity contribution is -0.127. The first-order valence-corrected chi connectivity index (χ1v) is 10.3. The second-order valence-corrected chi connectivity index (χ2v) is 7.90. The highest BCUT2D eigenvalue weighted by molar-refractivity contribution is 5.88. The largest absolute Gasteiger partial charge is 0.369 e. The number of piperazine rings is 1. The molecule has 1 N–H and O–H groups in total. The van der Waals surface area contributed by atoms with E-state index in [1.54, 1.807) is 0 Å². The molecule has 0 saturated carbocycles. The lowest BCUT2D eigenvalue weighted by atomic mass is 10.0. The molecule has 0 aliphatic carbocycles. The van der Waals surface area contributed by atoms with Gasteiger partial charge in [0, 0.05) is 31.9 Å². The molecular weight excluding hydrogens is 362 g/mol. The SMILES string of the molecule is CC(=O)[C@@H](Cc1ccccc1)NC(=O)CN1CCN(c2cccc(C)c2C)CC1. The van der Waals surface area contributed by atoms with Gasteiger partial charge in [0.1, 0.15) is 0 Å². The Morgan fingerprint density at radius 3 is 2.31 bits per heavy atom. The van der Waals surface area contributed by atoms with Gasteiger partial charge in [-0.25, -0.2) is 0 Å². The van der Waals surface area contributed by atoms with Crippen LogP contribution in [0.15, 0.2) is 48.5 Å². The van der Waals surface area contributed by atoms with Crippen LogP contribution in [-0.2, 0) is 16.0 Å². The molecular formula is C24H31N3O2. The monoisotopic (exact) mass is 393 g/mol. The summed E-state index contributed by atoms with van der Waals surface area (Å²) in [6.45, 7) is 9.65. The first kappa shape index (κ1) is 21.1. The van der Waals surface area contributed by atoms with Crippen molar-refractivity contribution in [2.24, 2.45) is 0 Å². The van der Waals surface area contributed by atoms with Crippen LogP contribution >= 0.6 is 0 Å². The zero-order valence-electron chi connectivity index (χ0n) is 17.6. The maximum Gasteiger partial charge on any atom is 0.234 e. The quantitative estimate of drug-likeness (QED) is 0.786. The molecule has 1 aliphatic heterocycles. The molecule has 1 atom stereocenters. The number of ketones is 1. The molecule has 0 radical (unpaired) electrons. The Labute approximate surface area is 173 Å². The molecule has 1 saturated heterocycles. The van der Waals surface area contributed by atoms with Crippen molar-refractivity contribution in [1.82, 2.24) is 10.2 Å². The number of carbonyl (C=O) groups excluding carboxylic acids is 2. The highest BCUT2D eigenvalue weighted by Crippen LogP contribution is 2.23. The topological polar surface area (TPSA) is 52.7 Å². The third-order valence-electron chi connectivity index (χ3n) is 5.76. The number of anilines is 1. The molecule has 154 valence electrons. The third-order valence-corrected chi connectivity index (χ3v) is 5.76. The number of nitrogens with one attached hydrogen (secondary N) is 1. The molecule has 2 aromatic carbocycles. The molecule has 0 unspecified atom stereocenters. The minimum atomic E-state index is -0.471. The Balaban J connectivity index is 1.51. The van der Waals surface area contributed by atoms with E-state index in [0.29, 0.717) is 13.0 Å². The molecule has 2 aromatic rings. The summed E-state index contributed by atoms with van der Waals surface area (Å²) in [5.74, 6) is -0.0942. The number of aryl methyl sites for hydroxylation is 1. The fraction of sp³-hybridized carbons (Fsp3) is 0.417. The maximum atomic E-state index is 12.5. The van der Waals surface area contributed by atoms with Crippen LogP contribution < -0.4 is 10.2 Å². The smallest absolute Gasteiger partial charge is 0.234 e. The zero-order valence-corrected chi connectivity index (χ0v) is 17.6. The summed E-state index contributed by atoms with van der Waals surface area (Å²) >= 11 is 0. The zero-order chi connectivity index (χ0) is 20.8. The van der Waals surface area contributed by atoms with Gasteiger partial charge in [0.05, 0.1) is 12.6 Å². The molecule has 1 heterocycles. The van der Waals surface area contributed by atoms with Gasteiger partial charge < -0.3 is 10.2 Å². The van der Waals surface area contributed by atoms with Gasteiger partial charge in [0.2, 0.25) is 5.91 Å². The number of Topliss-reactive ketones (excluding diaryl/α,β-unsaturated/α-hetero) is 1. The number of carbonyl (C=O) groups is 2. The molecule has 0 aromatic heterocycles. The Morgan fingerprint density at radius 1 is 0.966 bits per heavy atom.